The summed E-state index contributed by atoms with van der Waals surface area (Å²) in [4.78, 5) is 44.4. The van der Waals surface area contributed by atoms with Crippen LogP contribution < -0.4 is 56.3 Å². The molecule has 3 heterocycles. The Kier molecular flexibility index (Phi) is 13.1. The van der Waals surface area contributed by atoms with Crippen LogP contribution in [0.3, 0.4) is 0 Å². The number of hydrogen-bond acceptors (Lipinski definition) is 10. The Morgan fingerprint density at radius 3 is 2.25 bits per heavy atom. The van der Waals surface area contributed by atoms with Gasteiger partial charge in [0.15, 0.2) is 5.71 Å². The second-order valence-electron chi connectivity index (χ2n) is 15.3. The maximum Gasteiger partial charge on any atom is 1.00 e. The topological polar surface area (TPSA) is 181 Å². The van der Waals surface area contributed by atoms with E-state index < -0.39 is 54.6 Å². The van der Waals surface area contributed by atoms with Crippen LogP contribution in [0.4, 0.5) is 11.4 Å². The summed E-state index contributed by atoms with van der Waals surface area (Å²) in [6.07, 6.45) is 10.2. The Bertz CT molecular complexity index is 2520. The number of imide groups is 1. The first-order chi connectivity index (χ1) is 26.2. The van der Waals surface area contributed by atoms with Crippen molar-refractivity contribution in [1.29, 1.82) is 0 Å². The summed E-state index contributed by atoms with van der Waals surface area (Å²) in [6.45, 7) is 13.1. The molecule has 16 heteroatoms. The summed E-state index contributed by atoms with van der Waals surface area (Å²) < 4.78 is 70.1. The largest absolute Gasteiger partial charge is 1.00 e. The Morgan fingerprint density at radius 1 is 0.930 bits per heavy atom. The van der Waals surface area contributed by atoms with Crippen molar-refractivity contribution < 1.29 is 101 Å². The zero-order valence-corrected chi connectivity index (χ0v) is 37.9. The molecule has 0 aliphatic carbocycles. The molecule has 296 valence electrons. The molecule has 1 N–H and O–H groups in total. The third kappa shape index (κ3) is 8.84. The fourth-order valence-electron chi connectivity index (χ4n) is 8.08. The summed E-state index contributed by atoms with van der Waals surface area (Å²) in [5, 5.41) is 2.16. The minimum Gasteiger partial charge on any atom is -0.748 e. The summed E-state index contributed by atoms with van der Waals surface area (Å²) in [6, 6.07) is 12.0. The number of fused-ring (bicyclic) bond motifs is 4. The van der Waals surface area contributed by atoms with Crippen molar-refractivity contribution >= 4 is 65.9 Å². The van der Waals surface area contributed by atoms with E-state index in [9.17, 15) is 40.3 Å². The minimum absolute atomic E-state index is 0. The summed E-state index contributed by atoms with van der Waals surface area (Å²) in [7, 11) is -8.80. The molecule has 0 radical (unpaired) electrons. The Labute approximate surface area is 376 Å². The predicted octanol–water partition coefficient (Wildman–Crippen LogP) is 3.14. The standard InChI is InChI=1S/C41H45N3O10S2.K/c1-7-42-33-18-16-29-26(2)23-28(56(51,52)53)25-30(29)38(33)41(5,6)35(42)14-10-8-9-13-34-40(3,4)31-24-27(39(47)54-44-36(45)19-20-37(44)46)15-17-32(31)43(34)21-11-12-22-55(48,49)50;/h8-10,13-18,23-25H,7,11-12,19-22H2,1-6H3,(H-,48,49,50,51,52,53);/q;+1. The molecule has 6 rings (SSSR count). The SMILES string of the molecule is CCN1/C(=C/C=C/C=C/C2=[N+](CCCCS(=O)(=O)[O-])c3ccc(C(=O)ON4C(=O)CCC4=O)cc3C2(C)C)C(C)(C)c2c1ccc1c(C)cc(S(=O)(=O)O)cc21.[K+]. The van der Waals surface area contributed by atoms with Gasteiger partial charge in [-0.2, -0.15) is 13.0 Å². The minimum atomic E-state index is -4.42. The van der Waals surface area contributed by atoms with Crippen LogP contribution in [0.15, 0.2) is 83.4 Å². The molecule has 0 spiro atoms. The van der Waals surface area contributed by atoms with E-state index in [0.29, 0.717) is 24.6 Å². The van der Waals surface area contributed by atoms with E-state index in [1.807, 2.05) is 74.8 Å². The second-order valence-corrected chi connectivity index (χ2v) is 18.2. The molecule has 0 atom stereocenters. The number of hydrogen-bond donors (Lipinski definition) is 1. The van der Waals surface area contributed by atoms with Crippen molar-refractivity contribution in [2.24, 2.45) is 0 Å². The molecular formula is C41H45KN3O10S2+. The molecular weight excluding hydrogens is 798 g/mol. The number of amides is 2. The summed E-state index contributed by atoms with van der Waals surface area (Å²) in [5.74, 6) is -2.49. The van der Waals surface area contributed by atoms with Gasteiger partial charge in [-0.05, 0) is 92.4 Å². The normalized spacial score (nSPS) is 18.4. The zero-order valence-electron chi connectivity index (χ0n) is 33.2. The second kappa shape index (κ2) is 16.7. The van der Waals surface area contributed by atoms with Crippen molar-refractivity contribution in [3.05, 3.63) is 101 Å². The van der Waals surface area contributed by atoms with E-state index >= 15 is 0 Å². The third-order valence-electron chi connectivity index (χ3n) is 10.8. The van der Waals surface area contributed by atoms with Gasteiger partial charge in [-0.1, -0.05) is 38.1 Å². The van der Waals surface area contributed by atoms with Crippen LogP contribution in [0.25, 0.3) is 10.8 Å². The molecule has 0 bridgehead atoms. The van der Waals surface area contributed by atoms with E-state index in [1.165, 1.54) is 6.07 Å². The van der Waals surface area contributed by atoms with Crippen molar-refractivity contribution in [3.8, 4) is 0 Å². The van der Waals surface area contributed by atoms with Gasteiger partial charge in [0.2, 0.25) is 5.69 Å². The number of benzene rings is 3. The molecule has 57 heavy (non-hydrogen) atoms. The van der Waals surface area contributed by atoms with Crippen LogP contribution in [0.2, 0.25) is 0 Å². The number of nitrogens with zero attached hydrogens (tertiary/aromatic N) is 3. The van der Waals surface area contributed by atoms with Gasteiger partial charge in [0.1, 0.15) is 6.54 Å². The first-order valence-corrected chi connectivity index (χ1v) is 21.4. The molecule has 3 aliphatic rings. The van der Waals surface area contributed by atoms with E-state index in [2.05, 4.69) is 18.7 Å². The van der Waals surface area contributed by atoms with Crippen LogP contribution in [0.1, 0.15) is 87.4 Å². The fourth-order valence-corrected chi connectivity index (χ4v) is 9.24. The summed E-state index contributed by atoms with van der Waals surface area (Å²) >= 11 is 0. The van der Waals surface area contributed by atoms with Gasteiger partial charge in [-0.15, -0.1) is 5.06 Å². The van der Waals surface area contributed by atoms with Gasteiger partial charge in [0, 0.05) is 66.1 Å². The number of likely N-dealkylation sites (N-methyl/N-ethyl adjacent to an activating group) is 1. The molecule has 0 aromatic heterocycles. The van der Waals surface area contributed by atoms with E-state index in [-0.39, 0.29) is 81.1 Å². The molecule has 2 amide bonds. The molecule has 3 aromatic rings. The van der Waals surface area contributed by atoms with Crippen molar-refractivity contribution in [1.82, 2.24) is 5.06 Å². The third-order valence-corrected chi connectivity index (χ3v) is 12.4. The van der Waals surface area contributed by atoms with E-state index in [1.54, 1.807) is 24.3 Å². The van der Waals surface area contributed by atoms with Crippen LogP contribution >= 0.6 is 0 Å². The molecule has 3 aromatic carbocycles. The Morgan fingerprint density at radius 2 is 1.61 bits per heavy atom. The number of hydroxylamine groups is 2. The van der Waals surface area contributed by atoms with Gasteiger partial charge in [-0.25, -0.2) is 13.2 Å². The van der Waals surface area contributed by atoms with Gasteiger partial charge in [-0.3, -0.25) is 14.1 Å². The first kappa shape index (κ1) is 44.8. The Hall–Kier alpha value is -3.32. The molecule has 0 saturated carbocycles. The fraction of sp³-hybridized carbons (Fsp3) is 0.366. The number of rotatable bonds is 12. The van der Waals surface area contributed by atoms with Crippen molar-refractivity contribution in [3.63, 3.8) is 0 Å². The van der Waals surface area contributed by atoms with Gasteiger partial charge >= 0.3 is 57.4 Å². The van der Waals surface area contributed by atoms with E-state index in [0.717, 1.165) is 50.2 Å². The first-order valence-electron chi connectivity index (χ1n) is 18.4. The average molecular weight is 843 g/mol. The number of aryl methyl sites for hydroxylation is 1. The van der Waals surface area contributed by atoms with Gasteiger partial charge in [0.25, 0.3) is 21.9 Å². The number of carbonyl (C=O) groups is 3. The van der Waals surface area contributed by atoms with Crippen LogP contribution in [-0.2, 0) is 45.5 Å². The monoisotopic (exact) mass is 842 g/mol. The maximum atomic E-state index is 13.1. The zero-order chi connectivity index (χ0) is 41.0. The predicted molar refractivity (Wildman–Crippen MR) is 210 cm³/mol. The maximum absolute atomic E-state index is 13.1. The number of unbranched alkanes of at least 4 members (excludes halogenated alkanes) is 1. The van der Waals surface area contributed by atoms with E-state index in [4.69, 9.17) is 4.84 Å². The molecule has 3 aliphatic heterocycles. The number of anilines is 1. The average Bonchev–Trinajstić information content (AvgIpc) is 3.63. The summed E-state index contributed by atoms with van der Waals surface area (Å²) in [5.41, 5.74) is 5.01. The van der Waals surface area contributed by atoms with Crippen LogP contribution in [0, 0.1) is 6.92 Å². The molecule has 1 saturated heterocycles. The number of allylic oxidation sites excluding steroid dienone is 6. The molecule has 1 fully saturated rings. The quantitative estimate of drug-likeness (QED) is 0.0707. The Balaban J connectivity index is 0.00000620. The van der Waals surface area contributed by atoms with Crippen molar-refractivity contribution in [2.45, 2.75) is 83.0 Å². The smallest absolute Gasteiger partial charge is 0.748 e. The molecule has 13 nitrogen and oxygen atoms in total. The van der Waals surface area contributed by atoms with Crippen LogP contribution in [-0.4, -0.2) is 77.9 Å². The van der Waals surface area contributed by atoms with Crippen LogP contribution in [0.5, 0.6) is 0 Å². The molecule has 0 unspecified atom stereocenters. The van der Waals surface area contributed by atoms with Gasteiger partial charge in [0.05, 0.1) is 26.0 Å². The van der Waals surface area contributed by atoms with Gasteiger partial charge < -0.3 is 14.3 Å². The van der Waals surface area contributed by atoms with Crippen molar-refractivity contribution in [2.75, 3.05) is 23.7 Å². The number of carbonyl (C=O) groups excluding carboxylic acids is 3.